The van der Waals surface area contributed by atoms with Gasteiger partial charge in [-0.25, -0.2) is 0 Å². The third-order valence-corrected chi connectivity index (χ3v) is 5.29. The van der Waals surface area contributed by atoms with Crippen molar-refractivity contribution in [3.63, 3.8) is 0 Å². The van der Waals surface area contributed by atoms with Crippen LogP contribution in [-0.2, 0) is 4.79 Å². The van der Waals surface area contributed by atoms with Crippen molar-refractivity contribution >= 4 is 27.9 Å². The number of carbonyl (C=O) groups is 1. The van der Waals surface area contributed by atoms with Gasteiger partial charge >= 0.3 is 0 Å². The fraction of sp³-hybridized carbons (Fsp3) is 0.364. The van der Waals surface area contributed by atoms with Crippen LogP contribution >= 0.6 is 0 Å². The molecule has 0 saturated carbocycles. The second-order valence-electron chi connectivity index (χ2n) is 7.23. The Morgan fingerprint density at radius 2 is 1.86 bits per heavy atom. The van der Waals surface area contributed by atoms with E-state index in [4.69, 9.17) is 5.11 Å². The molecular weight excluding hydrogens is 370 g/mol. The molecule has 3 rings (SSSR count). The summed E-state index contributed by atoms with van der Waals surface area (Å²) < 4.78 is 0. The first-order valence-electron chi connectivity index (χ1n) is 9.60. The van der Waals surface area contributed by atoms with E-state index in [2.05, 4.69) is 22.3 Å². The molecule has 4 N–H and O–H groups in total. The van der Waals surface area contributed by atoms with Crippen molar-refractivity contribution in [2.24, 2.45) is 0 Å². The van der Waals surface area contributed by atoms with Gasteiger partial charge in [-0.1, -0.05) is 18.2 Å². The normalized spacial score (nSPS) is 16.4. The SMILES string of the molecule is C/C(=C(/C#N)C(=O)NCC(O)C(O)CO)c1ccc2cc(N3CCC3)ccc2c1. The van der Waals surface area contributed by atoms with Crippen LogP contribution in [0.3, 0.4) is 0 Å². The molecule has 2 aromatic carbocycles. The van der Waals surface area contributed by atoms with Gasteiger partial charge in [-0.3, -0.25) is 4.79 Å². The third-order valence-electron chi connectivity index (χ3n) is 5.29. The largest absolute Gasteiger partial charge is 0.394 e. The lowest BCUT2D eigenvalue weighted by atomic mass is 9.97. The summed E-state index contributed by atoms with van der Waals surface area (Å²) in [6.07, 6.45) is -1.45. The summed E-state index contributed by atoms with van der Waals surface area (Å²) in [6, 6.07) is 14.0. The molecule has 7 nitrogen and oxygen atoms in total. The van der Waals surface area contributed by atoms with Crippen LogP contribution in [0.2, 0.25) is 0 Å². The number of aliphatic hydroxyl groups excluding tert-OH is 3. The molecule has 0 bridgehead atoms. The monoisotopic (exact) mass is 395 g/mol. The van der Waals surface area contributed by atoms with Crippen LogP contribution < -0.4 is 10.2 Å². The molecule has 0 spiro atoms. The minimum Gasteiger partial charge on any atom is -0.394 e. The summed E-state index contributed by atoms with van der Waals surface area (Å²) in [5, 5.41) is 41.8. The predicted octanol–water partition coefficient (Wildman–Crippen LogP) is 1.18. The van der Waals surface area contributed by atoms with Gasteiger partial charge in [-0.15, -0.1) is 0 Å². The molecule has 0 radical (unpaired) electrons. The Morgan fingerprint density at radius 3 is 2.48 bits per heavy atom. The van der Waals surface area contributed by atoms with E-state index in [-0.39, 0.29) is 12.1 Å². The molecule has 1 aliphatic rings. The molecule has 0 aromatic heterocycles. The number of allylic oxidation sites excluding steroid dienone is 1. The Hall–Kier alpha value is -2.92. The number of fused-ring (bicyclic) bond motifs is 1. The number of carbonyl (C=O) groups excluding carboxylic acids is 1. The number of hydrogen-bond donors (Lipinski definition) is 4. The van der Waals surface area contributed by atoms with Gasteiger partial charge in [-0.2, -0.15) is 5.26 Å². The molecule has 2 atom stereocenters. The molecule has 1 saturated heterocycles. The van der Waals surface area contributed by atoms with Crippen molar-refractivity contribution in [3.05, 3.63) is 47.5 Å². The van der Waals surface area contributed by atoms with Crippen LogP contribution in [0.1, 0.15) is 18.9 Å². The molecule has 1 aliphatic heterocycles. The van der Waals surface area contributed by atoms with Crippen molar-refractivity contribution in [3.8, 4) is 6.07 Å². The molecule has 7 heteroatoms. The Balaban J connectivity index is 1.80. The highest BCUT2D eigenvalue weighted by molar-refractivity contribution is 6.05. The first-order chi connectivity index (χ1) is 13.9. The standard InChI is InChI=1S/C22H25N3O4/c1-14(19(11-23)22(29)24-12-20(27)21(28)13-26)15-3-4-17-10-18(25-7-2-8-25)6-5-16(17)9-15/h3-6,9-10,20-21,26-28H,2,7-8,12-13H2,1H3,(H,24,29)/b19-14+. The highest BCUT2D eigenvalue weighted by atomic mass is 16.4. The fourth-order valence-corrected chi connectivity index (χ4v) is 3.23. The Morgan fingerprint density at radius 1 is 1.17 bits per heavy atom. The number of anilines is 1. The molecule has 1 heterocycles. The van der Waals surface area contributed by atoms with Crippen molar-refractivity contribution in [2.45, 2.75) is 25.6 Å². The van der Waals surface area contributed by atoms with E-state index >= 15 is 0 Å². The first-order valence-corrected chi connectivity index (χ1v) is 9.60. The second kappa shape index (κ2) is 9.05. The number of aliphatic hydroxyl groups is 3. The van der Waals surface area contributed by atoms with E-state index in [0.717, 1.165) is 29.4 Å². The van der Waals surface area contributed by atoms with E-state index in [1.807, 2.05) is 30.3 Å². The molecule has 2 aromatic rings. The van der Waals surface area contributed by atoms with Crippen molar-refractivity contribution in [2.75, 3.05) is 31.1 Å². The van der Waals surface area contributed by atoms with Crippen LogP contribution in [0, 0.1) is 11.3 Å². The van der Waals surface area contributed by atoms with Gasteiger partial charge < -0.3 is 25.5 Å². The zero-order valence-electron chi connectivity index (χ0n) is 16.3. The molecule has 29 heavy (non-hydrogen) atoms. The average Bonchev–Trinajstić information content (AvgIpc) is 2.70. The van der Waals surface area contributed by atoms with Gasteiger partial charge in [0.1, 0.15) is 17.7 Å². The highest BCUT2D eigenvalue weighted by Crippen LogP contribution is 2.28. The van der Waals surface area contributed by atoms with Crippen LogP contribution in [0.5, 0.6) is 0 Å². The zero-order chi connectivity index (χ0) is 21.0. The Labute approximate surface area is 169 Å². The summed E-state index contributed by atoms with van der Waals surface area (Å²) >= 11 is 0. The quantitative estimate of drug-likeness (QED) is 0.413. The lowest BCUT2D eigenvalue weighted by Gasteiger charge is -2.33. The van der Waals surface area contributed by atoms with Gasteiger partial charge in [0.2, 0.25) is 0 Å². The number of nitrogens with one attached hydrogen (secondary N) is 1. The maximum atomic E-state index is 12.4. The maximum absolute atomic E-state index is 12.4. The van der Waals surface area contributed by atoms with Gasteiger partial charge in [0.25, 0.3) is 5.91 Å². The van der Waals surface area contributed by atoms with Gasteiger partial charge in [-0.05, 0) is 53.5 Å². The number of hydrogen-bond acceptors (Lipinski definition) is 6. The summed E-state index contributed by atoms with van der Waals surface area (Å²) in [4.78, 5) is 14.7. The molecular formula is C22H25N3O4. The van der Waals surface area contributed by atoms with Gasteiger partial charge in [0.15, 0.2) is 0 Å². The van der Waals surface area contributed by atoms with Gasteiger partial charge in [0, 0.05) is 25.3 Å². The van der Waals surface area contributed by atoms with Gasteiger partial charge in [0.05, 0.1) is 12.7 Å². The third kappa shape index (κ3) is 4.57. The summed E-state index contributed by atoms with van der Waals surface area (Å²) in [5.41, 5.74) is 2.42. The maximum Gasteiger partial charge on any atom is 0.262 e. The number of benzene rings is 2. The number of nitriles is 1. The summed E-state index contributed by atoms with van der Waals surface area (Å²) in [5.74, 6) is -0.637. The van der Waals surface area contributed by atoms with Crippen LogP contribution in [0.15, 0.2) is 42.0 Å². The summed E-state index contributed by atoms with van der Waals surface area (Å²) in [7, 11) is 0. The van der Waals surface area contributed by atoms with E-state index in [0.29, 0.717) is 5.57 Å². The predicted molar refractivity (Wildman–Crippen MR) is 111 cm³/mol. The van der Waals surface area contributed by atoms with Crippen LogP contribution in [-0.4, -0.2) is 59.7 Å². The topological polar surface area (TPSA) is 117 Å². The van der Waals surface area contributed by atoms with Crippen LogP contribution in [0.4, 0.5) is 5.69 Å². The van der Waals surface area contributed by atoms with E-state index in [9.17, 15) is 20.3 Å². The van der Waals surface area contributed by atoms with Crippen LogP contribution in [0.25, 0.3) is 16.3 Å². The highest BCUT2D eigenvalue weighted by Gasteiger charge is 2.19. The zero-order valence-corrected chi connectivity index (χ0v) is 16.3. The Kier molecular flexibility index (Phi) is 6.49. The number of amides is 1. The minimum absolute atomic E-state index is 0.0627. The molecule has 1 fully saturated rings. The summed E-state index contributed by atoms with van der Waals surface area (Å²) in [6.45, 7) is 2.97. The lowest BCUT2D eigenvalue weighted by Crippen LogP contribution is -2.41. The molecule has 0 aliphatic carbocycles. The van der Waals surface area contributed by atoms with E-state index < -0.39 is 24.7 Å². The molecule has 152 valence electrons. The minimum atomic E-state index is -1.35. The van der Waals surface area contributed by atoms with E-state index in [1.165, 1.54) is 12.1 Å². The lowest BCUT2D eigenvalue weighted by molar-refractivity contribution is -0.118. The molecule has 2 unspecified atom stereocenters. The van der Waals surface area contributed by atoms with Crippen molar-refractivity contribution in [1.29, 1.82) is 5.26 Å². The smallest absolute Gasteiger partial charge is 0.262 e. The number of nitrogens with zero attached hydrogens (tertiary/aromatic N) is 2. The van der Waals surface area contributed by atoms with Crippen molar-refractivity contribution < 1.29 is 20.1 Å². The average molecular weight is 395 g/mol. The van der Waals surface area contributed by atoms with E-state index in [1.54, 1.807) is 6.92 Å². The Bertz CT molecular complexity index is 976. The fourth-order valence-electron chi connectivity index (χ4n) is 3.23. The first kappa shape index (κ1) is 20.8. The van der Waals surface area contributed by atoms with Crippen molar-refractivity contribution in [1.82, 2.24) is 5.32 Å². The number of rotatable bonds is 7. The molecule has 1 amide bonds. The second-order valence-corrected chi connectivity index (χ2v) is 7.23.